The van der Waals surface area contributed by atoms with E-state index in [0.29, 0.717) is 22.6 Å². The molecule has 2 bridgehead atoms. The molecule has 1 saturated carbocycles. The van der Waals surface area contributed by atoms with Gasteiger partial charge in [-0.2, -0.15) is 0 Å². The van der Waals surface area contributed by atoms with Crippen molar-refractivity contribution in [1.82, 2.24) is 9.88 Å². The van der Waals surface area contributed by atoms with E-state index in [-0.39, 0.29) is 23.8 Å². The lowest BCUT2D eigenvalue weighted by Gasteiger charge is -2.34. The Morgan fingerprint density at radius 1 is 1.44 bits per heavy atom. The molecule has 144 valence electrons. The fraction of sp³-hybridized carbons (Fsp3) is 0.474. The topological polar surface area (TPSA) is 62.5 Å². The fourth-order valence-corrected chi connectivity index (χ4v) is 5.67. The number of likely N-dealkylation sites (tertiary alicyclic amines) is 1. The first-order chi connectivity index (χ1) is 12.9. The standard InChI is InChI=1S/C19H22BrFN4OS/c1-24(2)19-23-16(17(27-19)11-4-6-14(21)13(20)8-11)18(26)25-12-5-3-10(7-12)15(25)9-22/h4,6,8,10,12,15H,3,5,7,9,22H2,1-2H3/t10-,12+,15+/m1/s1. The first kappa shape index (κ1) is 18.8. The second kappa shape index (κ2) is 7.14. The van der Waals surface area contributed by atoms with Crippen LogP contribution in [0.5, 0.6) is 0 Å². The van der Waals surface area contributed by atoms with Gasteiger partial charge in [-0.3, -0.25) is 4.79 Å². The number of anilines is 1. The Balaban J connectivity index is 1.77. The Bertz CT molecular complexity index is 887. The quantitative estimate of drug-likeness (QED) is 0.767. The van der Waals surface area contributed by atoms with Gasteiger partial charge in [-0.05, 0) is 58.8 Å². The van der Waals surface area contributed by atoms with Gasteiger partial charge in [-0.25, -0.2) is 9.37 Å². The maximum absolute atomic E-state index is 13.7. The number of carbonyl (C=O) groups is 1. The summed E-state index contributed by atoms with van der Waals surface area (Å²) in [5.41, 5.74) is 7.22. The lowest BCUT2D eigenvalue weighted by molar-refractivity contribution is 0.0598. The van der Waals surface area contributed by atoms with Crippen molar-refractivity contribution in [3.05, 3.63) is 34.2 Å². The van der Waals surface area contributed by atoms with E-state index in [0.717, 1.165) is 34.8 Å². The largest absolute Gasteiger partial charge is 0.354 e. The number of piperidine rings is 1. The van der Waals surface area contributed by atoms with Crippen molar-refractivity contribution < 1.29 is 9.18 Å². The molecule has 2 N–H and O–H groups in total. The van der Waals surface area contributed by atoms with Crippen molar-refractivity contribution in [2.75, 3.05) is 25.5 Å². The van der Waals surface area contributed by atoms with Gasteiger partial charge in [0, 0.05) is 32.7 Å². The minimum Gasteiger partial charge on any atom is -0.354 e. The number of halogens is 2. The number of rotatable bonds is 4. The summed E-state index contributed by atoms with van der Waals surface area (Å²) in [6, 6.07) is 5.15. The highest BCUT2D eigenvalue weighted by Crippen LogP contribution is 2.44. The van der Waals surface area contributed by atoms with Crippen LogP contribution in [0.25, 0.3) is 10.4 Å². The smallest absolute Gasteiger partial charge is 0.274 e. The first-order valence-electron chi connectivity index (χ1n) is 9.07. The zero-order chi connectivity index (χ0) is 19.3. The molecule has 4 rings (SSSR count). The third-order valence-electron chi connectivity index (χ3n) is 5.60. The van der Waals surface area contributed by atoms with Crippen LogP contribution in [0.2, 0.25) is 0 Å². The molecular weight excluding hydrogens is 431 g/mol. The molecule has 1 aromatic heterocycles. The summed E-state index contributed by atoms with van der Waals surface area (Å²) in [5, 5.41) is 0.752. The molecule has 1 aromatic carbocycles. The van der Waals surface area contributed by atoms with Gasteiger partial charge in [0.2, 0.25) is 0 Å². The summed E-state index contributed by atoms with van der Waals surface area (Å²) in [6.07, 6.45) is 3.22. The van der Waals surface area contributed by atoms with Gasteiger partial charge in [-0.1, -0.05) is 17.4 Å². The SMILES string of the molecule is CN(C)c1nc(C(=O)N2[C@H]3CC[C@H](C3)[C@@H]2CN)c(-c2ccc(F)c(Br)c2)s1. The Morgan fingerprint density at radius 3 is 2.89 bits per heavy atom. The van der Waals surface area contributed by atoms with Gasteiger partial charge in [0.1, 0.15) is 11.5 Å². The van der Waals surface area contributed by atoms with Gasteiger partial charge in [-0.15, -0.1) is 0 Å². The van der Waals surface area contributed by atoms with Crippen molar-refractivity contribution in [3.8, 4) is 10.4 Å². The molecule has 0 unspecified atom stereocenters. The molecule has 0 radical (unpaired) electrons. The Kier molecular flexibility index (Phi) is 4.98. The Hall–Kier alpha value is -1.51. The molecule has 2 aromatic rings. The van der Waals surface area contributed by atoms with E-state index in [1.807, 2.05) is 23.9 Å². The number of amides is 1. The van der Waals surface area contributed by atoms with E-state index < -0.39 is 0 Å². The number of carbonyl (C=O) groups excluding carboxylic acids is 1. The molecule has 3 atom stereocenters. The molecule has 1 amide bonds. The lowest BCUT2D eigenvalue weighted by atomic mass is 9.98. The summed E-state index contributed by atoms with van der Waals surface area (Å²) in [6.45, 7) is 0.481. The molecule has 1 saturated heterocycles. The number of hydrogen-bond acceptors (Lipinski definition) is 5. The molecule has 2 heterocycles. The van der Waals surface area contributed by atoms with Crippen LogP contribution in [0.4, 0.5) is 9.52 Å². The van der Waals surface area contributed by atoms with Crippen LogP contribution in [0.1, 0.15) is 29.8 Å². The minimum atomic E-state index is -0.330. The molecule has 2 aliphatic rings. The maximum Gasteiger partial charge on any atom is 0.274 e. The second-order valence-corrected chi connectivity index (χ2v) is 9.27. The highest BCUT2D eigenvalue weighted by Gasteiger charge is 2.48. The molecule has 0 spiro atoms. The van der Waals surface area contributed by atoms with Gasteiger partial charge >= 0.3 is 0 Å². The monoisotopic (exact) mass is 452 g/mol. The maximum atomic E-state index is 13.7. The molecule has 27 heavy (non-hydrogen) atoms. The lowest BCUT2D eigenvalue weighted by Crippen LogP contribution is -2.48. The Morgan fingerprint density at radius 2 is 2.22 bits per heavy atom. The Labute approximate surface area is 170 Å². The van der Waals surface area contributed by atoms with E-state index in [9.17, 15) is 9.18 Å². The van der Waals surface area contributed by atoms with E-state index in [1.165, 1.54) is 17.4 Å². The summed E-state index contributed by atoms with van der Waals surface area (Å²) in [4.78, 5) is 22.8. The van der Waals surface area contributed by atoms with Gasteiger partial charge < -0.3 is 15.5 Å². The van der Waals surface area contributed by atoms with Crippen LogP contribution < -0.4 is 10.6 Å². The number of nitrogens with two attached hydrogens (primary N) is 1. The van der Waals surface area contributed by atoms with Crippen molar-refractivity contribution >= 4 is 38.3 Å². The normalized spacial score (nSPS) is 23.9. The van der Waals surface area contributed by atoms with Crippen molar-refractivity contribution in [3.63, 3.8) is 0 Å². The molecule has 8 heteroatoms. The number of fused-ring (bicyclic) bond motifs is 2. The van der Waals surface area contributed by atoms with Crippen molar-refractivity contribution in [1.29, 1.82) is 0 Å². The van der Waals surface area contributed by atoms with Crippen LogP contribution >= 0.6 is 27.3 Å². The third kappa shape index (κ3) is 3.17. The predicted molar refractivity (Wildman–Crippen MR) is 110 cm³/mol. The molecule has 1 aliphatic heterocycles. The first-order valence-corrected chi connectivity index (χ1v) is 10.7. The molecular formula is C19H22BrFN4OS. The van der Waals surface area contributed by atoms with Crippen LogP contribution in [0, 0.1) is 11.7 Å². The molecule has 1 aliphatic carbocycles. The zero-order valence-electron chi connectivity index (χ0n) is 15.3. The van der Waals surface area contributed by atoms with Crippen molar-refractivity contribution in [2.45, 2.75) is 31.3 Å². The van der Waals surface area contributed by atoms with Crippen LogP contribution in [0.15, 0.2) is 22.7 Å². The predicted octanol–water partition coefficient (Wildman–Crippen LogP) is 3.73. The molecule has 5 nitrogen and oxygen atoms in total. The van der Waals surface area contributed by atoms with Crippen LogP contribution in [-0.2, 0) is 0 Å². The average molecular weight is 453 g/mol. The van der Waals surface area contributed by atoms with Gasteiger partial charge in [0.25, 0.3) is 5.91 Å². The average Bonchev–Trinajstić information content (AvgIpc) is 3.36. The summed E-state index contributed by atoms with van der Waals surface area (Å²) in [7, 11) is 3.80. The van der Waals surface area contributed by atoms with Gasteiger partial charge in [0.05, 0.1) is 9.35 Å². The van der Waals surface area contributed by atoms with Crippen molar-refractivity contribution in [2.24, 2.45) is 11.7 Å². The number of benzene rings is 1. The number of hydrogen-bond donors (Lipinski definition) is 1. The highest BCUT2D eigenvalue weighted by atomic mass is 79.9. The van der Waals surface area contributed by atoms with E-state index in [4.69, 9.17) is 5.73 Å². The summed E-state index contributed by atoms with van der Waals surface area (Å²) in [5.74, 6) is 0.112. The number of thiazole rings is 1. The highest BCUT2D eigenvalue weighted by molar-refractivity contribution is 9.10. The zero-order valence-corrected chi connectivity index (χ0v) is 17.7. The van der Waals surface area contributed by atoms with E-state index >= 15 is 0 Å². The molecule has 2 fully saturated rings. The summed E-state index contributed by atoms with van der Waals surface area (Å²) >= 11 is 4.69. The van der Waals surface area contributed by atoms with E-state index in [1.54, 1.807) is 12.1 Å². The van der Waals surface area contributed by atoms with Gasteiger partial charge in [0.15, 0.2) is 5.13 Å². The summed E-state index contributed by atoms with van der Waals surface area (Å²) < 4.78 is 14.1. The fourth-order valence-electron chi connectivity index (χ4n) is 4.31. The van der Waals surface area contributed by atoms with Crippen LogP contribution in [-0.4, -0.2) is 48.5 Å². The van der Waals surface area contributed by atoms with Crippen LogP contribution in [0.3, 0.4) is 0 Å². The third-order valence-corrected chi connectivity index (χ3v) is 7.48. The second-order valence-electron chi connectivity index (χ2n) is 7.44. The minimum absolute atomic E-state index is 0.0579. The van der Waals surface area contributed by atoms with E-state index in [2.05, 4.69) is 20.9 Å². The number of aromatic nitrogens is 1. The number of nitrogens with zero attached hydrogens (tertiary/aromatic N) is 3.